The normalized spacial score (nSPS) is 10.2. The lowest BCUT2D eigenvalue weighted by Crippen LogP contribution is -2.21. The molecule has 2 aromatic rings. The monoisotopic (exact) mass is 303 g/mol. The van der Waals surface area contributed by atoms with E-state index in [4.69, 9.17) is 17.3 Å². The number of amides is 1. The number of benzene rings is 2. The molecule has 0 aliphatic rings. The largest absolute Gasteiger partial charge is 0.397 e. The second kappa shape index (κ2) is 6.50. The highest BCUT2D eigenvalue weighted by atomic mass is 35.5. The summed E-state index contributed by atoms with van der Waals surface area (Å²) < 4.78 is 0. The van der Waals surface area contributed by atoms with E-state index in [-0.39, 0.29) is 5.91 Å². The van der Waals surface area contributed by atoms with E-state index in [1.54, 1.807) is 25.2 Å². The van der Waals surface area contributed by atoms with Gasteiger partial charge in [-0.25, -0.2) is 0 Å². The lowest BCUT2D eigenvalue weighted by Gasteiger charge is -2.22. The van der Waals surface area contributed by atoms with Crippen molar-refractivity contribution in [1.29, 1.82) is 0 Å². The summed E-state index contributed by atoms with van der Waals surface area (Å²) in [5.41, 5.74) is 9.13. The number of nitrogen functional groups attached to an aromatic ring is 1. The van der Waals surface area contributed by atoms with Gasteiger partial charge in [-0.1, -0.05) is 23.7 Å². The maximum absolute atomic E-state index is 11.7. The van der Waals surface area contributed by atoms with Crippen molar-refractivity contribution in [3.63, 3.8) is 0 Å². The Morgan fingerprint density at radius 1 is 1.29 bits per heavy atom. The summed E-state index contributed by atoms with van der Waals surface area (Å²) in [4.78, 5) is 13.7. The van der Waals surface area contributed by atoms with Gasteiger partial charge in [-0.05, 0) is 35.9 Å². The van der Waals surface area contributed by atoms with Gasteiger partial charge < -0.3 is 16.0 Å². The van der Waals surface area contributed by atoms with E-state index in [0.29, 0.717) is 22.8 Å². The summed E-state index contributed by atoms with van der Waals surface area (Å²) in [5, 5.41) is 3.31. The third kappa shape index (κ3) is 3.67. The number of carbonyl (C=O) groups excluding carboxylic acids is 1. The molecule has 0 aromatic heterocycles. The highest BCUT2D eigenvalue weighted by Crippen LogP contribution is 2.25. The highest BCUT2D eigenvalue weighted by molar-refractivity contribution is 6.30. The molecule has 3 N–H and O–H groups in total. The summed E-state index contributed by atoms with van der Waals surface area (Å²) in [6.07, 6.45) is 0. The van der Waals surface area contributed by atoms with Crippen LogP contribution in [-0.4, -0.2) is 20.0 Å². The SMILES string of the molecule is CNC(=O)c1ccc(N)c(N(C)Cc2cccc(Cl)c2)c1. The molecule has 0 atom stereocenters. The van der Waals surface area contributed by atoms with Crippen LogP contribution < -0.4 is 16.0 Å². The molecular formula is C16H18ClN3O. The van der Waals surface area contributed by atoms with Gasteiger partial charge in [0.05, 0.1) is 11.4 Å². The first-order valence-electron chi connectivity index (χ1n) is 6.58. The molecule has 2 aromatic carbocycles. The summed E-state index contributed by atoms with van der Waals surface area (Å²) in [7, 11) is 3.54. The van der Waals surface area contributed by atoms with Gasteiger partial charge in [0.15, 0.2) is 0 Å². The van der Waals surface area contributed by atoms with Crippen LogP contribution in [0.4, 0.5) is 11.4 Å². The molecule has 0 spiro atoms. The smallest absolute Gasteiger partial charge is 0.251 e. The topological polar surface area (TPSA) is 58.4 Å². The first-order valence-corrected chi connectivity index (χ1v) is 6.96. The minimum Gasteiger partial charge on any atom is -0.397 e. The standard InChI is InChI=1S/C16H18ClN3O/c1-19-16(21)12-6-7-14(18)15(9-12)20(2)10-11-4-3-5-13(17)8-11/h3-9H,10,18H2,1-2H3,(H,19,21). The molecule has 0 saturated heterocycles. The Hall–Kier alpha value is -2.20. The van der Waals surface area contributed by atoms with Crippen LogP contribution in [0.3, 0.4) is 0 Å². The van der Waals surface area contributed by atoms with Gasteiger partial charge in [-0.3, -0.25) is 4.79 Å². The molecule has 0 fully saturated rings. The maximum atomic E-state index is 11.7. The predicted octanol–water partition coefficient (Wildman–Crippen LogP) is 2.92. The second-order valence-electron chi connectivity index (χ2n) is 4.84. The Kier molecular flexibility index (Phi) is 4.70. The van der Waals surface area contributed by atoms with E-state index in [1.165, 1.54) is 0 Å². The molecule has 0 bridgehead atoms. The van der Waals surface area contributed by atoms with Crippen LogP contribution >= 0.6 is 11.6 Å². The number of hydrogen-bond donors (Lipinski definition) is 2. The Morgan fingerprint density at radius 2 is 2.05 bits per heavy atom. The number of nitrogens with zero attached hydrogens (tertiary/aromatic N) is 1. The zero-order chi connectivity index (χ0) is 15.4. The average Bonchev–Trinajstić information content (AvgIpc) is 2.46. The highest BCUT2D eigenvalue weighted by Gasteiger charge is 2.11. The molecule has 0 aliphatic carbocycles. The third-order valence-corrected chi connectivity index (χ3v) is 3.47. The van der Waals surface area contributed by atoms with Crippen molar-refractivity contribution >= 4 is 28.9 Å². The summed E-state index contributed by atoms with van der Waals surface area (Å²) in [6, 6.07) is 12.9. The lowest BCUT2D eigenvalue weighted by molar-refractivity contribution is 0.0963. The van der Waals surface area contributed by atoms with Gasteiger partial charge in [-0.15, -0.1) is 0 Å². The van der Waals surface area contributed by atoms with Gasteiger partial charge in [0.2, 0.25) is 0 Å². The van der Waals surface area contributed by atoms with Crippen LogP contribution in [0.15, 0.2) is 42.5 Å². The van der Waals surface area contributed by atoms with Crippen molar-refractivity contribution in [2.75, 3.05) is 24.7 Å². The molecule has 4 nitrogen and oxygen atoms in total. The number of nitrogens with one attached hydrogen (secondary N) is 1. The van der Waals surface area contributed by atoms with Crippen molar-refractivity contribution in [1.82, 2.24) is 5.32 Å². The number of rotatable bonds is 4. The fourth-order valence-corrected chi connectivity index (χ4v) is 2.37. The molecule has 1 amide bonds. The summed E-state index contributed by atoms with van der Waals surface area (Å²) >= 11 is 6.00. The number of hydrogen-bond acceptors (Lipinski definition) is 3. The summed E-state index contributed by atoms with van der Waals surface area (Å²) in [6.45, 7) is 0.655. The fraction of sp³-hybridized carbons (Fsp3) is 0.188. The predicted molar refractivity (Wildman–Crippen MR) is 87.8 cm³/mol. The van der Waals surface area contributed by atoms with Crippen LogP contribution in [0.5, 0.6) is 0 Å². The number of anilines is 2. The minimum absolute atomic E-state index is 0.132. The molecule has 21 heavy (non-hydrogen) atoms. The Labute approximate surface area is 129 Å². The first-order chi connectivity index (χ1) is 10.0. The first kappa shape index (κ1) is 15.2. The molecule has 0 saturated carbocycles. The van der Waals surface area contributed by atoms with Crippen molar-refractivity contribution in [3.8, 4) is 0 Å². The molecule has 0 unspecified atom stereocenters. The number of nitrogens with two attached hydrogens (primary N) is 1. The minimum atomic E-state index is -0.132. The quantitative estimate of drug-likeness (QED) is 0.854. The van der Waals surface area contributed by atoms with E-state index >= 15 is 0 Å². The van der Waals surface area contributed by atoms with Crippen molar-refractivity contribution < 1.29 is 4.79 Å². The van der Waals surface area contributed by atoms with Crippen LogP contribution in [0.25, 0.3) is 0 Å². The van der Waals surface area contributed by atoms with Gasteiger partial charge in [-0.2, -0.15) is 0 Å². The fourth-order valence-electron chi connectivity index (χ4n) is 2.15. The Bertz CT molecular complexity index is 658. The van der Waals surface area contributed by atoms with Crippen molar-refractivity contribution in [2.24, 2.45) is 0 Å². The van der Waals surface area contributed by atoms with Crippen LogP contribution in [-0.2, 0) is 6.54 Å². The van der Waals surface area contributed by atoms with Crippen molar-refractivity contribution in [2.45, 2.75) is 6.54 Å². The van der Waals surface area contributed by atoms with Gasteiger partial charge in [0, 0.05) is 31.2 Å². The maximum Gasteiger partial charge on any atom is 0.251 e. The number of carbonyl (C=O) groups is 1. The molecular weight excluding hydrogens is 286 g/mol. The van der Waals surface area contributed by atoms with Crippen molar-refractivity contribution in [3.05, 3.63) is 58.6 Å². The second-order valence-corrected chi connectivity index (χ2v) is 5.28. The summed E-state index contributed by atoms with van der Waals surface area (Å²) in [5.74, 6) is -0.132. The Balaban J connectivity index is 2.26. The molecule has 0 heterocycles. The zero-order valence-corrected chi connectivity index (χ0v) is 12.8. The van der Waals surface area contributed by atoms with Crippen LogP contribution in [0.2, 0.25) is 5.02 Å². The Morgan fingerprint density at radius 3 is 2.71 bits per heavy atom. The lowest BCUT2D eigenvalue weighted by atomic mass is 10.1. The van der Waals surface area contributed by atoms with E-state index in [1.807, 2.05) is 36.2 Å². The van der Waals surface area contributed by atoms with Gasteiger partial charge in [0.1, 0.15) is 0 Å². The molecule has 110 valence electrons. The molecule has 0 aliphatic heterocycles. The zero-order valence-electron chi connectivity index (χ0n) is 12.1. The van der Waals surface area contributed by atoms with E-state index in [2.05, 4.69) is 5.32 Å². The van der Waals surface area contributed by atoms with Crippen LogP contribution in [0.1, 0.15) is 15.9 Å². The number of halogens is 1. The third-order valence-electron chi connectivity index (χ3n) is 3.24. The van der Waals surface area contributed by atoms with E-state index < -0.39 is 0 Å². The molecule has 0 radical (unpaired) electrons. The molecule has 5 heteroatoms. The molecule has 2 rings (SSSR count). The van der Waals surface area contributed by atoms with E-state index in [9.17, 15) is 4.79 Å². The van der Waals surface area contributed by atoms with Gasteiger partial charge >= 0.3 is 0 Å². The average molecular weight is 304 g/mol. The van der Waals surface area contributed by atoms with Gasteiger partial charge in [0.25, 0.3) is 5.91 Å². The van der Waals surface area contributed by atoms with E-state index in [0.717, 1.165) is 11.3 Å². The van der Waals surface area contributed by atoms with Crippen LogP contribution in [0, 0.1) is 0 Å².